The molecular weight excluding hydrogens is 735 g/mol. The second-order valence-corrected chi connectivity index (χ2v) is 14.7. The summed E-state index contributed by atoms with van der Waals surface area (Å²) in [6.45, 7) is 0. The summed E-state index contributed by atoms with van der Waals surface area (Å²) >= 11 is 0. The van der Waals surface area contributed by atoms with Crippen molar-refractivity contribution < 1.29 is 0 Å². The number of fused-ring (bicyclic) bond motifs is 6. The molecule has 0 aliphatic rings. The van der Waals surface area contributed by atoms with Crippen molar-refractivity contribution >= 4 is 43.6 Å². The predicted octanol–water partition coefficient (Wildman–Crippen LogP) is 12.5. The number of hydrogen-bond donors (Lipinski definition) is 0. The zero-order valence-electron chi connectivity index (χ0n) is 32.0. The van der Waals surface area contributed by atoms with Crippen LogP contribution in [0.2, 0.25) is 0 Å². The maximum Gasteiger partial charge on any atom is 0.164 e. The fourth-order valence-corrected chi connectivity index (χ4v) is 8.38. The Bertz CT molecular complexity index is 3550. The van der Waals surface area contributed by atoms with E-state index in [2.05, 4.69) is 149 Å². The first-order valence-corrected chi connectivity index (χ1v) is 19.6. The molecule has 60 heavy (non-hydrogen) atoms. The van der Waals surface area contributed by atoms with Crippen LogP contribution in [0.4, 0.5) is 0 Å². The van der Waals surface area contributed by atoms with Gasteiger partial charge in [0.15, 0.2) is 17.5 Å². The van der Waals surface area contributed by atoms with Crippen LogP contribution in [0.15, 0.2) is 188 Å². The van der Waals surface area contributed by atoms with Gasteiger partial charge in [-0.2, -0.15) is 10.5 Å². The maximum atomic E-state index is 9.59. The van der Waals surface area contributed by atoms with E-state index in [-0.39, 0.29) is 0 Å². The second kappa shape index (κ2) is 14.1. The molecule has 0 aliphatic heterocycles. The first-order chi connectivity index (χ1) is 29.6. The molecule has 0 spiro atoms. The van der Waals surface area contributed by atoms with Crippen molar-refractivity contribution in [3.63, 3.8) is 0 Å². The fraction of sp³-hybridized carbons (Fsp3) is 0. The number of para-hydroxylation sites is 3. The van der Waals surface area contributed by atoms with Crippen LogP contribution in [0.3, 0.4) is 0 Å². The Labute approximate surface area is 345 Å². The lowest BCUT2D eigenvalue weighted by atomic mass is 10.0. The minimum atomic E-state index is 0.458. The van der Waals surface area contributed by atoms with Gasteiger partial charge in [-0.3, -0.25) is 0 Å². The topological polar surface area (TPSA) is 96.1 Å². The number of benzene rings is 8. The molecule has 8 aromatic carbocycles. The first-order valence-electron chi connectivity index (χ1n) is 19.6. The monoisotopic (exact) mass is 765 g/mol. The molecule has 0 bridgehead atoms. The van der Waals surface area contributed by atoms with Gasteiger partial charge in [-0.05, 0) is 120 Å². The van der Waals surface area contributed by atoms with Crippen LogP contribution in [0.5, 0.6) is 0 Å². The molecule has 0 unspecified atom stereocenters. The van der Waals surface area contributed by atoms with Gasteiger partial charge in [-0.25, -0.2) is 15.0 Å². The summed E-state index contributed by atoms with van der Waals surface area (Å²) < 4.78 is 4.66. The number of hydrogen-bond acceptors (Lipinski definition) is 5. The van der Waals surface area contributed by atoms with Gasteiger partial charge in [0.05, 0.1) is 45.3 Å². The van der Waals surface area contributed by atoms with Gasteiger partial charge in [0.1, 0.15) is 0 Å². The molecule has 0 amide bonds. The summed E-state index contributed by atoms with van der Waals surface area (Å²) in [5.41, 5.74) is 12.4. The van der Waals surface area contributed by atoms with Crippen LogP contribution in [-0.2, 0) is 0 Å². The molecule has 0 saturated carbocycles. The highest BCUT2D eigenvalue weighted by molar-refractivity contribution is 6.12. The molecule has 7 nitrogen and oxygen atoms in total. The largest absolute Gasteiger partial charge is 0.309 e. The molecular formula is C53H31N7. The average Bonchev–Trinajstić information content (AvgIpc) is 3.84. The maximum absolute atomic E-state index is 9.59. The Kier molecular flexibility index (Phi) is 8.11. The standard InChI is InChI=1S/C53H31N7/c54-32-34-17-19-36(20-18-34)51-56-52(58-53(57-51)40-10-8-9-35(29-40)33-55)37-21-25-42(26-22-37)60-48-16-7-5-14-44(48)46-31-39(24-28-50(46)60)38-23-27-49-45(30-38)43-13-4-6-15-47(43)59(49)41-11-2-1-3-12-41/h1-31H. The Balaban J connectivity index is 1.00. The van der Waals surface area contributed by atoms with E-state index in [1.807, 2.05) is 36.4 Å². The quantitative estimate of drug-likeness (QED) is 0.168. The highest BCUT2D eigenvalue weighted by Gasteiger charge is 2.18. The zero-order valence-corrected chi connectivity index (χ0v) is 32.0. The molecule has 3 heterocycles. The summed E-state index contributed by atoms with van der Waals surface area (Å²) in [6.07, 6.45) is 0. The SMILES string of the molecule is N#Cc1ccc(-c2nc(-c3ccc(-n4c5ccccc5c5cc(-c6ccc7c(c6)c6ccccc6n7-c6ccccc6)ccc54)cc3)nc(-c3cccc(C#N)c3)n2)cc1. The van der Waals surface area contributed by atoms with Crippen LogP contribution in [0.1, 0.15) is 11.1 Å². The minimum Gasteiger partial charge on any atom is -0.309 e. The van der Waals surface area contributed by atoms with Gasteiger partial charge in [-0.15, -0.1) is 0 Å². The first kappa shape index (κ1) is 34.6. The third kappa shape index (κ3) is 5.77. The Morgan fingerprint density at radius 1 is 0.317 bits per heavy atom. The Morgan fingerprint density at radius 3 is 1.32 bits per heavy atom. The lowest BCUT2D eigenvalue weighted by Crippen LogP contribution is -2.01. The number of nitriles is 2. The van der Waals surface area contributed by atoms with Crippen molar-refractivity contribution in [3.05, 3.63) is 199 Å². The van der Waals surface area contributed by atoms with Gasteiger partial charge in [0.2, 0.25) is 0 Å². The molecule has 3 aromatic heterocycles. The van der Waals surface area contributed by atoms with Crippen molar-refractivity contribution in [1.82, 2.24) is 24.1 Å². The summed E-state index contributed by atoms with van der Waals surface area (Å²) in [5, 5.41) is 23.8. The van der Waals surface area contributed by atoms with Crippen LogP contribution in [-0.4, -0.2) is 24.1 Å². The van der Waals surface area contributed by atoms with Gasteiger partial charge < -0.3 is 9.13 Å². The molecule has 0 N–H and O–H groups in total. The van der Waals surface area contributed by atoms with E-state index >= 15 is 0 Å². The summed E-state index contributed by atoms with van der Waals surface area (Å²) in [6, 6.07) is 68.4. The molecule has 278 valence electrons. The third-order valence-electron chi connectivity index (χ3n) is 11.2. The van der Waals surface area contributed by atoms with Crippen molar-refractivity contribution in [2.75, 3.05) is 0 Å². The van der Waals surface area contributed by atoms with Crippen LogP contribution < -0.4 is 0 Å². The average molecular weight is 766 g/mol. The fourth-order valence-electron chi connectivity index (χ4n) is 8.38. The lowest BCUT2D eigenvalue weighted by Gasteiger charge is -2.11. The van der Waals surface area contributed by atoms with Crippen LogP contribution >= 0.6 is 0 Å². The van der Waals surface area contributed by atoms with Gasteiger partial charge >= 0.3 is 0 Å². The molecule has 11 aromatic rings. The van der Waals surface area contributed by atoms with Gasteiger partial charge in [0.25, 0.3) is 0 Å². The lowest BCUT2D eigenvalue weighted by molar-refractivity contribution is 1.07. The molecule has 0 saturated heterocycles. The summed E-state index contributed by atoms with van der Waals surface area (Å²) in [7, 11) is 0. The van der Waals surface area contributed by atoms with Gasteiger partial charge in [-0.1, -0.05) is 78.9 Å². The number of rotatable bonds is 6. The van der Waals surface area contributed by atoms with E-state index in [4.69, 9.17) is 15.0 Å². The number of nitrogens with zero attached hydrogens (tertiary/aromatic N) is 7. The highest BCUT2D eigenvalue weighted by Crippen LogP contribution is 2.38. The van der Waals surface area contributed by atoms with Gasteiger partial charge in [0, 0.05) is 49.6 Å². The Hall–Kier alpha value is -8.65. The summed E-state index contributed by atoms with van der Waals surface area (Å²) in [4.78, 5) is 14.6. The smallest absolute Gasteiger partial charge is 0.164 e. The Morgan fingerprint density at radius 2 is 0.767 bits per heavy atom. The van der Waals surface area contributed by atoms with Crippen molar-refractivity contribution in [1.29, 1.82) is 10.5 Å². The predicted molar refractivity (Wildman–Crippen MR) is 240 cm³/mol. The van der Waals surface area contributed by atoms with E-state index in [0.717, 1.165) is 44.7 Å². The normalized spacial score (nSPS) is 11.3. The molecule has 0 aliphatic carbocycles. The molecule has 11 rings (SSSR count). The van der Waals surface area contributed by atoms with E-state index in [0.29, 0.717) is 34.2 Å². The zero-order chi connectivity index (χ0) is 40.2. The highest BCUT2D eigenvalue weighted by atomic mass is 15.0. The van der Waals surface area contributed by atoms with E-state index in [1.165, 1.54) is 32.6 Å². The van der Waals surface area contributed by atoms with E-state index in [9.17, 15) is 10.5 Å². The molecule has 0 radical (unpaired) electrons. The second-order valence-electron chi connectivity index (χ2n) is 14.7. The van der Waals surface area contributed by atoms with Crippen molar-refractivity contribution in [3.8, 4) is 68.8 Å². The minimum absolute atomic E-state index is 0.458. The van der Waals surface area contributed by atoms with Crippen molar-refractivity contribution in [2.45, 2.75) is 0 Å². The number of aromatic nitrogens is 5. The third-order valence-corrected chi connectivity index (χ3v) is 11.2. The van der Waals surface area contributed by atoms with E-state index in [1.54, 1.807) is 24.3 Å². The summed E-state index contributed by atoms with van der Waals surface area (Å²) in [5.74, 6) is 1.44. The molecule has 7 heteroatoms. The van der Waals surface area contributed by atoms with Crippen LogP contribution in [0.25, 0.3) is 100 Å². The molecule has 0 atom stereocenters. The molecule has 0 fully saturated rings. The van der Waals surface area contributed by atoms with Crippen LogP contribution in [0, 0.1) is 22.7 Å². The van der Waals surface area contributed by atoms with Crippen molar-refractivity contribution in [2.24, 2.45) is 0 Å². The van der Waals surface area contributed by atoms with E-state index < -0.39 is 0 Å².